The van der Waals surface area contributed by atoms with E-state index in [9.17, 15) is 19.8 Å². The van der Waals surface area contributed by atoms with Crippen LogP contribution in [-0.2, 0) is 9.59 Å². The maximum absolute atomic E-state index is 12.9. The molecule has 0 amide bonds. The quantitative estimate of drug-likeness (QED) is 0.413. The summed E-state index contributed by atoms with van der Waals surface area (Å²) in [4.78, 5) is 25.9. The molecule has 2 N–H and O–H groups in total. The lowest BCUT2D eigenvalue weighted by Crippen LogP contribution is -2.61. The van der Waals surface area contributed by atoms with Crippen LogP contribution in [0.1, 0.15) is 111 Å². The van der Waals surface area contributed by atoms with E-state index in [1.807, 2.05) is 6.08 Å². The molecule has 0 spiro atoms. The third-order valence-corrected chi connectivity index (χ3v) is 11.9. The molecule has 34 heavy (non-hydrogen) atoms. The number of aliphatic hydroxyl groups is 1. The topological polar surface area (TPSA) is 74.6 Å². The number of rotatable bonds is 7. The van der Waals surface area contributed by atoms with Crippen molar-refractivity contribution in [3.05, 3.63) is 11.6 Å². The molecule has 0 bridgehead atoms. The number of carboxylic acids is 1. The summed E-state index contributed by atoms with van der Waals surface area (Å²) in [6.07, 6.45) is 15.8. The number of ketones is 1. The van der Waals surface area contributed by atoms with Crippen LogP contribution in [0.5, 0.6) is 0 Å². The third kappa shape index (κ3) is 3.48. The van der Waals surface area contributed by atoms with Crippen LogP contribution in [0.4, 0.5) is 0 Å². The third-order valence-electron chi connectivity index (χ3n) is 11.9. The average Bonchev–Trinajstić information content (AvgIpc) is 3.07. The maximum atomic E-state index is 12.9. The van der Waals surface area contributed by atoms with Crippen molar-refractivity contribution in [2.24, 2.45) is 45.8 Å². The second-order valence-electron chi connectivity index (χ2n) is 13.3. The second kappa shape index (κ2) is 8.75. The molecule has 4 heteroatoms. The van der Waals surface area contributed by atoms with Gasteiger partial charge in [0.2, 0.25) is 0 Å². The standard InChI is InChI=1S/C30H46O4/c1-4-5-6-7-8-19-17-30(18-19,27(33)34)25-16-21(31)15-20-9-10-22-23-11-12-26(32)28(23,2)14-13-24(22)29(20,25)3/h15,19,22-26,32H,4-14,16-18H2,1-3H3,(H,33,34)/t19?,22-,23-,24-,25?,26-,28-,29-,30?/m0/s1. The molecule has 0 aromatic heterocycles. The van der Waals surface area contributed by atoms with Crippen LogP contribution in [0.2, 0.25) is 0 Å². The first-order valence-corrected chi connectivity index (χ1v) is 14.3. The van der Waals surface area contributed by atoms with Gasteiger partial charge in [-0.3, -0.25) is 9.59 Å². The highest BCUT2D eigenvalue weighted by atomic mass is 16.4. The van der Waals surface area contributed by atoms with E-state index in [1.54, 1.807) is 0 Å². The van der Waals surface area contributed by atoms with Gasteiger partial charge in [0.1, 0.15) is 0 Å². The summed E-state index contributed by atoms with van der Waals surface area (Å²) in [5.74, 6) is 1.43. The van der Waals surface area contributed by atoms with Gasteiger partial charge in [-0.15, -0.1) is 0 Å². The first-order valence-electron chi connectivity index (χ1n) is 14.3. The minimum Gasteiger partial charge on any atom is -0.481 e. The molecular formula is C30H46O4. The Morgan fingerprint density at radius 2 is 1.82 bits per heavy atom. The van der Waals surface area contributed by atoms with E-state index in [1.165, 1.54) is 31.3 Å². The van der Waals surface area contributed by atoms with Gasteiger partial charge >= 0.3 is 5.97 Å². The molecule has 4 nitrogen and oxygen atoms in total. The number of fused-ring (bicyclic) bond motifs is 5. The summed E-state index contributed by atoms with van der Waals surface area (Å²) in [5.41, 5.74) is 0.335. The van der Waals surface area contributed by atoms with Gasteiger partial charge in [-0.1, -0.05) is 58.4 Å². The van der Waals surface area contributed by atoms with Crippen LogP contribution < -0.4 is 0 Å². The Morgan fingerprint density at radius 3 is 2.53 bits per heavy atom. The molecule has 1 unspecified atom stereocenters. The number of aliphatic hydroxyl groups excluding tert-OH is 1. The molecule has 7 atom stereocenters. The van der Waals surface area contributed by atoms with Crippen molar-refractivity contribution in [2.45, 2.75) is 117 Å². The zero-order chi connectivity index (χ0) is 24.3. The van der Waals surface area contributed by atoms with E-state index in [4.69, 9.17) is 0 Å². The van der Waals surface area contributed by atoms with Gasteiger partial charge in [0.25, 0.3) is 0 Å². The second-order valence-corrected chi connectivity index (χ2v) is 13.3. The summed E-state index contributed by atoms with van der Waals surface area (Å²) < 4.78 is 0. The van der Waals surface area contributed by atoms with E-state index < -0.39 is 11.4 Å². The Kier molecular flexibility index (Phi) is 6.31. The highest BCUT2D eigenvalue weighted by Gasteiger charge is 2.67. The number of aliphatic carboxylic acids is 1. The van der Waals surface area contributed by atoms with Crippen molar-refractivity contribution in [2.75, 3.05) is 0 Å². The van der Waals surface area contributed by atoms with Gasteiger partial charge in [-0.2, -0.15) is 0 Å². The molecule has 5 aliphatic carbocycles. The minimum absolute atomic E-state index is 0.0171. The lowest BCUT2D eigenvalue weighted by atomic mass is 9.39. The molecule has 5 rings (SSSR count). The Bertz CT molecular complexity index is 854. The van der Waals surface area contributed by atoms with E-state index in [2.05, 4.69) is 20.8 Å². The maximum Gasteiger partial charge on any atom is 0.309 e. The normalized spacial score (nSPS) is 47.8. The predicted molar refractivity (Wildman–Crippen MR) is 133 cm³/mol. The number of carboxylic acid groups (broad SMARTS) is 1. The number of allylic oxidation sites excluding steroid dienone is 1. The number of unbranched alkanes of at least 4 members (excludes halogenated alkanes) is 3. The molecule has 5 aliphatic rings. The number of hydrogen-bond donors (Lipinski definition) is 2. The molecule has 0 aromatic rings. The molecule has 4 saturated carbocycles. The largest absolute Gasteiger partial charge is 0.481 e. The fourth-order valence-corrected chi connectivity index (χ4v) is 10.0. The van der Waals surface area contributed by atoms with Gasteiger partial charge in [0, 0.05) is 6.42 Å². The van der Waals surface area contributed by atoms with Gasteiger partial charge in [0.15, 0.2) is 5.78 Å². The first kappa shape index (κ1) is 24.5. The van der Waals surface area contributed by atoms with E-state index in [0.717, 1.165) is 57.8 Å². The Morgan fingerprint density at radius 1 is 1.06 bits per heavy atom. The van der Waals surface area contributed by atoms with Crippen LogP contribution in [0.15, 0.2) is 11.6 Å². The van der Waals surface area contributed by atoms with Gasteiger partial charge < -0.3 is 10.2 Å². The fraction of sp³-hybridized carbons (Fsp3) is 0.867. The van der Waals surface area contributed by atoms with Crippen LogP contribution in [0.3, 0.4) is 0 Å². The molecule has 0 saturated heterocycles. The summed E-state index contributed by atoms with van der Waals surface area (Å²) in [5, 5.41) is 21.4. The highest BCUT2D eigenvalue weighted by molar-refractivity contribution is 5.93. The Hall–Kier alpha value is -1.16. The van der Waals surface area contributed by atoms with Crippen molar-refractivity contribution in [3.8, 4) is 0 Å². The Labute approximate surface area is 206 Å². The summed E-state index contributed by atoms with van der Waals surface area (Å²) in [7, 11) is 0. The molecule has 0 radical (unpaired) electrons. The number of carbonyl (C=O) groups excluding carboxylic acids is 1. The zero-order valence-electron chi connectivity index (χ0n) is 21.7. The van der Waals surface area contributed by atoms with Gasteiger partial charge in [-0.05, 0) is 97.9 Å². The van der Waals surface area contributed by atoms with Crippen molar-refractivity contribution in [1.82, 2.24) is 0 Å². The molecule has 0 aromatic carbocycles. The van der Waals surface area contributed by atoms with E-state index in [-0.39, 0.29) is 28.6 Å². The molecule has 4 fully saturated rings. The highest BCUT2D eigenvalue weighted by Crippen LogP contribution is 2.70. The van der Waals surface area contributed by atoms with Gasteiger partial charge in [0.05, 0.1) is 11.5 Å². The van der Waals surface area contributed by atoms with Crippen molar-refractivity contribution < 1.29 is 19.8 Å². The van der Waals surface area contributed by atoms with Crippen LogP contribution in [0.25, 0.3) is 0 Å². The van der Waals surface area contributed by atoms with Crippen LogP contribution >= 0.6 is 0 Å². The number of carbonyl (C=O) groups is 2. The summed E-state index contributed by atoms with van der Waals surface area (Å²) in [6.45, 7) is 6.87. The van der Waals surface area contributed by atoms with Crippen molar-refractivity contribution in [3.63, 3.8) is 0 Å². The monoisotopic (exact) mass is 470 g/mol. The van der Waals surface area contributed by atoms with Crippen LogP contribution in [-0.4, -0.2) is 28.1 Å². The van der Waals surface area contributed by atoms with Crippen molar-refractivity contribution >= 4 is 11.8 Å². The van der Waals surface area contributed by atoms with E-state index >= 15 is 0 Å². The lowest BCUT2D eigenvalue weighted by Gasteiger charge is -2.64. The molecular weight excluding hydrogens is 424 g/mol. The molecule has 0 aliphatic heterocycles. The minimum atomic E-state index is -0.739. The summed E-state index contributed by atoms with van der Waals surface area (Å²) >= 11 is 0. The number of hydrogen-bond acceptors (Lipinski definition) is 3. The van der Waals surface area contributed by atoms with Gasteiger partial charge in [-0.25, -0.2) is 0 Å². The average molecular weight is 471 g/mol. The van der Waals surface area contributed by atoms with Crippen molar-refractivity contribution in [1.29, 1.82) is 0 Å². The Balaban J connectivity index is 1.43. The van der Waals surface area contributed by atoms with Crippen LogP contribution in [0, 0.1) is 45.8 Å². The smallest absolute Gasteiger partial charge is 0.309 e. The lowest BCUT2D eigenvalue weighted by molar-refractivity contribution is -0.182. The summed E-state index contributed by atoms with van der Waals surface area (Å²) in [6, 6.07) is 0. The predicted octanol–water partition coefficient (Wildman–Crippen LogP) is 6.56. The van der Waals surface area contributed by atoms with E-state index in [0.29, 0.717) is 30.1 Å². The molecule has 0 heterocycles. The zero-order valence-corrected chi connectivity index (χ0v) is 21.7. The first-order chi connectivity index (χ1) is 16.2. The SMILES string of the molecule is CCCCCCC1CC(C(=O)O)(C2CC(=O)C=C3CC[C@H]4[C@@H]5CC[C@H](O)[C@@]5(C)CC[C@@H]4[C@]32C)C1. The fourth-order valence-electron chi connectivity index (χ4n) is 10.0. The molecule has 190 valence electrons.